The molecule has 2 amide bonds. The zero-order valence-electron chi connectivity index (χ0n) is 9.81. The van der Waals surface area contributed by atoms with Gasteiger partial charge in [0.15, 0.2) is 6.61 Å². The number of carbonyl (C=O) groups excluding carboxylic acids is 2. The van der Waals surface area contributed by atoms with E-state index in [2.05, 4.69) is 4.74 Å². The zero-order valence-corrected chi connectivity index (χ0v) is 10.6. The summed E-state index contributed by atoms with van der Waals surface area (Å²) in [5.41, 5.74) is -0.182. The van der Waals surface area contributed by atoms with E-state index in [0.717, 1.165) is 7.11 Å². The number of nitrogens with one attached hydrogen (secondary N) is 1. The molecule has 1 aromatic rings. The Balaban J connectivity index is 2.70. The Bertz CT molecular complexity index is 516. The topological polar surface area (TPSA) is 102 Å². The maximum absolute atomic E-state index is 11.2. The third-order valence-electron chi connectivity index (χ3n) is 1.96. The average molecular weight is 288 g/mol. The zero-order chi connectivity index (χ0) is 14.4. The first-order valence-corrected chi connectivity index (χ1v) is 5.35. The van der Waals surface area contributed by atoms with Gasteiger partial charge >= 0.3 is 12.1 Å². The molecule has 0 atom stereocenters. The minimum atomic E-state index is -1.24. The fourth-order valence-corrected chi connectivity index (χ4v) is 1.31. The molecule has 1 aromatic carbocycles. The molecule has 0 spiro atoms. The van der Waals surface area contributed by atoms with Crippen LogP contribution in [0.15, 0.2) is 18.2 Å². The van der Waals surface area contributed by atoms with Gasteiger partial charge in [-0.05, 0) is 18.2 Å². The smallest absolute Gasteiger partial charge is 0.413 e. The van der Waals surface area contributed by atoms with Gasteiger partial charge in [-0.1, -0.05) is 11.6 Å². The van der Waals surface area contributed by atoms with Crippen LogP contribution in [0.3, 0.4) is 0 Å². The van der Waals surface area contributed by atoms with Gasteiger partial charge in [0, 0.05) is 5.02 Å². The van der Waals surface area contributed by atoms with Crippen molar-refractivity contribution in [3.8, 4) is 5.75 Å². The van der Waals surface area contributed by atoms with E-state index >= 15 is 0 Å². The van der Waals surface area contributed by atoms with Gasteiger partial charge in [0.05, 0.1) is 7.11 Å². The number of aromatic carboxylic acids is 1. The number of amides is 2. The van der Waals surface area contributed by atoms with Gasteiger partial charge in [-0.3, -0.25) is 10.1 Å². The van der Waals surface area contributed by atoms with E-state index in [1.807, 2.05) is 5.32 Å². The number of benzene rings is 1. The lowest BCUT2D eigenvalue weighted by Crippen LogP contribution is -2.34. The van der Waals surface area contributed by atoms with Crippen molar-refractivity contribution in [2.24, 2.45) is 0 Å². The van der Waals surface area contributed by atoms with Crippen molar-refractivity contribution in [3.63, 3.8) is 0 Å². The molecule has 8 heteroatoms. The number of hydrogen-bond acceptors (Lipinski definition) is 5. The molecule has 7 nitrogen and oxygen atoms in total. The first-order valence-electron chi connectivity index (χ1n) is 4.97. The molecule has 0 bridgehead atoms. The van der Waals surface area contributed by atoms with E-state index < -0.39 is 24.6 Å². The van der Waals surface area contributed by atoms with Crippen molar-refractivity contribution in [2.75, 3.05) is 13.7 Å². The molecule has 0 aliphatic rings. The lowest BCUT2D eigenvalue weighted by molar-refractivity contribution is -0.122. The first-order chi connectivity index (χ1) is 8.93. The molecule has 0 aliphatic carbocycles. The van der Waals surface area contributed by atoms with Crippen LogP contribution >= 0.6 is 11.6 Å². The SMILES string of the molecule is COC(=O)NC(=O)COc1ccc(Cl)cc1C(=O)O. The number of carboxylic acids is 1. The molecule has 0 saturated heterocycles. The van der Waals surface area contributed by atoms with E-state index in [4.69, 9.17) is 21.4 Å². The maximum atomic E-state index is 11.2. The largest absolute Gasteiger partial charge is 0.483 e. The highest BCUT2D eigenvalue weighted by atomic mass is 35.5. The molecule has 0 aromatic heterocycles. The number of rotatable bonds is 4. The molecule has 0 radical (unpaired) electrons. The molecular weight excluding hydrogens is 278 g/mol. The number of carboxylic acid groups (broad SMARTS) is 1. The summed E-state index contributed by atoms with van der Waals surface area (Å²) >= 11 is 5.65. The lowest BCUT2D eigenvalue weighted by Gasteiger charge is -2.09. The van der Waals surface area contributed by atoms with E-state index in [-0.39, 0.29) is 16.3 Å². The predicted octanol–water partition coefficient (Wildman–Crippen LogP) is 1.30. The van der Waals surface area contributed by atoms with Crippen molar-refractivity contribution < 1.29 is 29.0 Å². The van der Waals surface area contributed by atoms with Crippen LogP contribution in [0.1, 0.15) is 10.4 Å². The number of ether oxygens (including phenoxy) is 2. The normalized spacial score (nSPS) is 9.58. The number of imide groups is 1. The number of halogens is 1. The minimum absolute atomic E-state index is 0.0306. The number of carbonyl (C=O) groups is 3. The molecule has 0 aliphatic heterocycles. The highest BCUT2D eigenvalue weighted by Crippen LogP contribution is 2.22. The molecule has 0 saturated carbocycles. The van der Waals surface area contributed by atoms with Crippen molar-refractivity contribution in [2.45, 2.75) is 0 Å². The fraction of sp³-hybridized carbons (Fsp3) is 0.182. The monoisotopic (exact) mass is 287 g/mol. The minimum Gasteiger partial charge on any atom is -0.483 e. The van der Waals surface area contributed by atoms with Gasteiger partial charge < -0.3 is 14.6 Å². The summed E-state index contributed by atoms with van der Waals surface area (Å²) in [6.07, 6.45) is -0.928. The van der Waals surface area contributed by atoms with Crippen LogP contribution in [-0.4, -0.2) is 36.8 Å². The summed E-state index contributed by atoms with van der Waals surface area (Å²) < 4.78 is 9.21. The second-order valence-corrected chi connectivity index (χ2v) is 3.71. The van der Waals surface area contributed by atoms with Crippen LogP contribution in [0.4, 0.5) is 4.79 Å². The average Bonchev–Trinajstić information content (AvgIpc) is 2.36. The Morgan fingerprint density at radius 1 is 1.37 bits per heavy atom. The highest BCUT2D eigenvalue weighted by Gasteiger charge is 2.14. The highest BCUT2D eigenvalue weighted by molar-refractivity contribution is 6.31. The summed E-state index contributed by atoms with van der Waals surface area (Å²) in [7, 11) is 1.10. The molecular formula is C11H10ClNO6. The maximum Gasteiger partial charge on any atom is 0.413 e. The van der Waals surface area contributed by atoms with Crippen LogP contribution in [-0.2, 0) is 9.53 Å². The standard InChI is InChI=1S/C11H10ClNO6/c1-18-11(17)13-9(14)5-19-8-3-2-6(12)4-7(8)10(15)16/h2-4H,5H2,1H3,(H,15,16)(H,13,14,17). The summed E-state index contributed by atoms with van der Waals surface area (Å²) in [6.45, 7) is -0.531. The Hall–Kier alpha value is -2.28. The Morgan fingerprint density at radius 3 is 2.63 bits per heavy atom. The summed E-state index contributed by atoms with van der Waals surface area (Å²) in [6, 6.07) is 3.93. The van der Waals surface area contributed by atoms with E-state index in [9.17, 15) is 14.4 Å². The van der Waals surface area contributed by atoms with Crippen LogP contribution < -0.4 is 10.1 Å². The van der Waals surface area contributed by atoms with Gasteiger partial charge in [-0.15, -0.1) is 0 Å². The van der Waals surface area contributed by atoms with Crippen LogP contribution in [0.5, 0.6) is 5.75 Å². The second-order valence-electron chi connectivity index (χ2n) is 3.27. The first kappa shape index (κ1) is 14.8. The molecule has 0 fully saturated rings. The van der Waals surface area contributed by atoms with Gasteiger partial charge in [0.1, 0.15) is 11.3 Å². The van der Waals surface area contributed by atoms with Crippen molar-refractivity contribution in [1.29, 1.82) is 0 Å². The Kier molecular flexibility index (Phi) is 5.13. The van der Waals surface area contributed by atoms with Crippen molar-refractivity contribution in [3.05, 3.63) is 28.8 Å². The third kappa shape index (κ3) is 4.47. The van der Waals surface area contributed by atoms with Gasteiger partial charge in [-0.25, -0.2) is 9.59 Å². The summed E-state index contributed by atoms with van der Waals surface area (Å²) in [5.74, 6) is -2.04. The van der Waals surface area contributed by atoms with E-state index in [0.29, 0.717) is 0 Å². The molecule has 19 heavy (non-hydrogen) atoms. The Morgan fingerprint density at radius 2 is 2.05 bits per heavy atom. The Labute approximate surface area is 113 Å². The number of hydrogen-bond donors (Lipinski definition) is 2. The summed E-state index contributed by atoms with van der Waals surface area (Å²) in [5, 5.41) is 11.0. The summed E-state index contributed by atoms with van der Waals surface area (Å²) in [4.78, 5) is 32.9. The van der Waals surface area contributed by atoms with Crippen LogP contribution in [0.25, 0.3) is 0 Å². The van der Waals surface area contributed by atoms with Gasteiger partial charge in [-0.2, -0.15) is 0 Å². The lowest BCUT2D eigenvalue weighted by atomic mass is 10.2. The molecule has 0 heterocycles. The number of alkyl carbamates (subject to hydrolysis) is 1. The number of methoxy groups -OCH3 is 1. The molecule has 1 rings (SSSR count). The van der Waals surface area contributed by atoms with Crippen LogP contribution in [0, 0.1) is 0 Å². The fourth-order valence-electron chi connectivity index (χ4n) is 1.14. The van der Waals surface area contributed by atoms with Gasteiger partial charge in [0.2, 0.25) is 0 Å². The quantitative estimate of drug-likeness (QED) is 0.865. The third-order valence-corrected chi connectivity index (χ3v) is 2.19. The van der Waals surface area contributed by atoms with E-state index in [1.165, 1.54) is 18.2 Å². The molecule has 2 N–H and O–H groups in total. The van der Waals surface area contributed by atoms with Crippen LogP contribution in [0.2, 0.25) is 5.02 Å². The van der Waals surface area contributed by atoms with E-state index in [1.54, 1.807) is 0 Å². The predicted molar refractivity (Wildman–Crippen MR) is 64.5 cm³/mol. The molecule has 0 unspecified atom stereocenters. The molecule has 102 valence electrons. The van der Waals surface area contributed by atoms with Crippen molar-refractivity contribution >= 4 is 29.6 Å². The van der Waals surface area contributed by atoms with Crippen molar-refractivity contribution in [1.82, 2.24) is 5.32 Å². The van der Waals surface area contributed by atoms with Gasteiger partial charge in [0.25, 0.3) is 5.91 Å². The second kappa shape index (κ2) is 6.60.